The summed E-state index contributed by atoms with van der Waals surface area (Å²) in [5.74, 6) is -6.45. The SMILES string of the molecule is CC(C)CN(C(=O)C(F)(F)C(F)F)C(C)C. The van der Waals surface area contributed by atoms with Crippen LogP contribution in [0.5, 0.6) is 0 Å². The van der Waals surface area contributed by atoms with Gasteiger partial charge in [-0.1, -0.05) is 13.8 Å². The van der Waals surface area contributed by atoms with Crippen LogP contribution in [0.1, 0.15) is 27.7 Å². The predicted octanol–water partition coefficient (Wildman–Crippen LogP) is 2.78. The second-order valence-corrected chi connectivity index (χ2v) is 4.37. The molecular formula is C10H17F4NO. The third-order valence-electron chi connectivity index (χ3n) is 2.01. The summed E-state index contributed by atoms with van der Waals surface area (Å²) in [4.78, 5) is 12.1. The molecule has 0 saturated carbocycles. The Morgan fingerprint density at radius 1 is 1.19 bits per heavy atom. The van der Waals surface area contributed by atoms with Crippen LogP contribution >= 0.6 is 0 Å². The third-order valence-corrected chi connectivity index (χ3v) is 2.01. The number of amides is 1. The first-order chi connectivity index (χ1) is 7.10. The van der Waals surface area contributed by atoms with Crippen LogP contribution in [0, 0.1) is 5.92 Å². The van der Waals surface area contributed by atoms with E-state index < -0.39 is 24.3 Å². The fourth-order valence-electron chi connectivity index (χ4n) is 1.21. The maximum atomic E-state index is 12.9. The Balaban J connectivity index is 4.88. The zero-order chi connectivity index (χ0) is 13.1. The number of nitrogens with zero attached hydrogens (tertiary/aromatic N) is 1. The van der Waals surface area contributed by atoms with Crippen LogP contribution < -0.4 is 0 Å². The van der Waals surface area contributed by atoms with Gasteiger partial charge < -0.3 is 4.90 Å². The quantitative estimate of drug-likeness (QED) is 0.680. The van der Waals surface area contributed by atoms with Crippen molar-refractivity contribution in [2.75, 3.05) is 6.54 Å². The van der Waals surface area contributed by atoms with E-state index in [0.717, 1.165) is 4.90 Å². The first-order valence-electron chi connectivity index (χ1n) is 5.07. The Morgan fingerprint density at radius 3 is 1.88 bits per heavy atom. The van der Waals surface area contributed by atoms with Crippen molar-refractivity contribution < 1.29 is 22.4 Å². The fraction of sp³-hybridized carbons (Fsp3) is 0.900. The van der Waals surface area contributed by atoms with Gasteiger partial charge in [0, 0.05) is 12.6 Å². The summed E-state index contributed by atoms with van der Waals surface area (Å²) in [5.41, 5.74) is 0. The van der Waals surface area contributed by atoms with Gasteiger partial charge in [-0.05, 0) is 19.8 Å². The minimum Gasteiger partial charge on any atom is -0.335 e. The standard InChI is InChI=1S/C10H17F4NO/c1-6(2)5-15(7(3)4)9(16)10(13,14)8(11)12/h6-8H,5H2,1-4H3. The molecule has 0 aliphatic rings. The lowest BCUT2D eigenvalue weighted by atomic mass is 10.1. The minimum absolute atomic E-state index is 0.0405. The van der Waals surface area contributed by atoms with E-state index in [2.05, 4.69) is 0 Å². The summed E-state index contributed by atoms with van der Waals surface area (Å²) < 4.78 is 49.8. The molecule has 0 spiro atoms. The van der Waals surface area contributed by atoms with Gasteiger partial charge in [-0.25, -0.2) is 8.78 Å². The van der Waals surface area contributed by atoms with Gasteiger partial charge >= 0.3 is 12.3 Å². The number of carbonyl (C=O) groups is 1. The zero-order valence-corrected chi connectivity index (χ0v) is 9.81. The molecule has 0 radical (unpaired) electrons. The molecule has 0 fully saturated rings. The maximum Gasteiger partial charge on any atom is 0.383 e. The molecule has 0 unspecified atom stereocenters. The highest BCUT2D eigenvalue weighted by Crippen LogP contribution is 2.26. The van der Waals surface area contributed by atoms with E-state index in [-0.39, 0.29) is 12.5 Å². The number of hydrogen-bond donors (Lipinski definition) is 0. The summed E-state index contributed by atoms with van der Waals surface area (Å²) >= 11 is 0. The summed E-state index contributed by atoms with van der Waals surface area (Å²) in [6.07, 6.45) is -3.96. The lowest BCUT2D eigenvalue weighted by Gasteiger charge is -2.31. The number of halogens is 4. The van der Waals surface area contributed by atoms with Crippen LogP contribution in [0.15, 0.2) is 0 Å². The van der Waals surface area contributed by atoms with Crippen molar-refractivity contribution in [2.45, 2.75) is 46.1 Å². The average molecular weight is 243 g/mol. The molecule has 1 amide bonds. The molecule has 0 aliphatic heterocycles. The fourth-order valence-corrected chi connectivity index (χ4v) is 1.21. The van der Waals surface area contributed by atoms with Crippen molar-refractivity contribution >= 4 is 5.91 Å². The molecule has 0 N–H and O–H groups in total. The van der Waals surface area contributed by atoms with Crippen molar-refractivity contribution in [2.24, 2.45) is 5.92 Å². The van der Waals surface area contributed by atoms with Crippen LogP contribution in [0.4, 0.5) is 17.6 Å². The van der Waals surface area contributed by atoms with Crippen LogP contribution in [-0.4, -0.2) is 35.7 Å². The highest BCUT2D eigenvalue weighted by molar-refractivity contribution is 5.84. The molecule has 6 heteroatoms. The number of carbonyl (C=O) groups excluding carboxylic acids is 1. The van der Waals surface area contributed by atoms with Gasteiger partial charge in [0.1, 0.15) is 0 Å². The van der Waals surface area contributed by atoms with Gasteiger partial charge in [-0.15, -0.1) is 0 Å². The van der Waals surface area contributed by atoms with Crippen LogP contribution in [0.2, 0.25) is 0 Å². The van der Waals surface area contributed by atoms with E-state index in [9.17, 15) is 22.4 Å². The van der Waals surface area contributed by atoms with Gasteiger partial charge in [0.2, 0.25) is 0 Å². The van der Waals surface area contributed by atoms with E-state index in [1.165, 1.54) is 13.8 Å². The Kier molecular flexibility index (Phi) is 5.22. The van der Waals surface area contributed by atoms with Crippen LogP contribution in [0.25, 0.3) is 0 Å². The molecule has 96 valence electrons. The lowest BCUT2D eigenvalue weighted by Crippen LogP contribution is -2.51. The van der Waals surface area contributed by atoms with Crippen LogP contribution in [-0.2, 0) is 4.79 Å². The number of alkyl halides is 4. The lowest BCUT2D eigenvalue weighted by molar-refractivity contribution is -0.182. The molecule has 0 bridgehead atoms. The smallest absolute Gasteiger partial charge is 0.335 e. The molecule has 0 aliphatic carbocycles. The second kappa shape index (κ2) is 5.50. The molecule has 0 rings (SSSR count). The van der Waals surface area contributed by atoms with E-state index >= 15 is 0 Å². The van der Waals surface area contributed by atoms with Crippen LogP contribution in [0.3, 0.4) is 0 Å². The van der Waals surface area contributed by atoms with Gasteiger partial charge in [0.05, 0.1) is 0 Å². The molecule has 0 saturated heterocycles. The normalized spacial score (nSPS) is 12.7. The molecule has 16 heavy (non-hydrogen) atoms. The molecule has 0 aromatic carbocycles. The Bertz CT molecular complexity index is 241. The summed E-state index contributed by atoms with van der Waals surface area (Å²) in [6, 6.07) is -0.528. The molecule has 2 nitrogen and oxygen atoms in total. The number of hydrogen-bond acceptors (Lipinski definition) is 1. The zero-order valence-electron chi connectivity index (χ0n) is 9.81. The second-order valence-electron chi connectivity index (χ2n) is 4.37. The maximum absolute atomic E-state index is 12.9. The van der Waals surface area contributed by atoms with Crippen molar-refractivity contribution in [3.8, 4) is 0 Å². The van der Waals surface area contributed by atoms with Crippen molar-refractivity contribution in [1.82, 2.24) is 4.90 Å². The Hall–Kier alpha value is -0.810. The third kappa shape index (κ3) is 3.64. The summed E-state index contributed by atoms with van der Waals surface area (Å²) in [7, 11) is 0. The Labute approximate surface area is 92.6 Å². The van der Waals surface area contributed by atoms with E-state index in [1.807, 2.05) is 0 Å². The highest BCUT2D eigenvalue weighted by Gasteiger charge is 2.51. The van der Waals surface area contributed by atoms with Gasteiger partial charge in [-0.3, -0.25) is 4.79 Å². The summed E-state index contributed by atoms with van der Waals surface area (Å²) in [6.45, 7) is 6.52. The Morgan fingerprint density at radius 2 is 1.62 bits per heavy atom. The van der Waals surface area contributed by atoms with Crippen molar-refractivity contribution in [1.29, 1.82) is 0 Å². The minimum atomic E-state index is -4.60. The molecule has 0 atom stereocenters. The van der Waals surface area contributed by atoms with E-state index in [4.69, 9.17) is 0 Å². The first kappa shape index (κ1) is 15.2. The largest absolute Gasteiger partial charge is 0.383 e. The van der Waals surface area contributed by atoms with E-state index in [0.29, 0.717) is 0 Å². The first-order valence-corrected chi connectivity index (χ1v) is 5.07. The molecular weight excluding hydrogens is 226 g/mol. The topological polar surface area (TPSA) is 20.3 Å². The van der Waals surface area contributed by atoms with E-state index in [1.54, 1.807) is 13.8 Å². The number of rotatable bonds is 5. The molecule has 0 aromatic heterocycles. The monoisotopic (exact) mass is 243 g/mol. The predicted molar refractivity (Wildman–Crippen MR) is 52.6 cm³/mol. The van der Waals surface area contributed by atoms with Gasteiger partial charge in [-0.2, -0.15) is 8.78 Å². The van der Waals surface area contributed by atoms with Gasteiger partial charge in [0.15, 0.2) is 0 Å². The summed E-state index contributed by atoms with van der Waals surface area (Å²) in [5, 5.41) is 0. The average Bonchev–Trinajstić information content (AvgIpc) is 2.11. The van der Waals surface area contributed by atoms with Crippen molar-refractivity contribution in [3.63, 3.8) is 0 Å². The highest BCUT2D eigenvalue weighted by atomic mass is 19.3. The molecule has 0 heterocycles. The van der Waals surface area contributed by atoms with Gasteiger partial charge in [0.25, 0.3) is 5.91 Å². The molecule has 0 aromatic rings. The van der Waals surface area contributed by atoms with Crippen molar-refractivity contribution in [3.05, 3.63) is 0 Å².